The molecule has 4 rings (SSSR count). The monoisotopic (exact) mass is 374 g/mol. The van der Waals surface area contributed by atoms with Gasteiger partial charge in [-0.15, -0.1) is 11.8 Å². The van der Waals surface area contributed by atoms with Gasteiger partial charge >= 0.3 is 0 Å². The van der Waals surface area contributed by atoms with Crippen LogP contribution in [0.1, 0.15) is 32.1 Å². The summed E-state index contributed by atoms with van der Waals surface area (Å²) in [6, 6.07) is 11.0. The van der Waals surface area contributed by atoms with Gasteiger partial charge in [0.25, 0.3) is 0 Å². The Morgan fingerprint density at radius 2 is 1.92 bits per heavy atom. The summed E-state index contributed by atoms with van der Waals surface area (Å²) >= 11 is 1.92. The second-order valence-electron chi connectivity index (χ2n) is 7.91. The Bertz CT molecular complexity index is 605. The molecule has 3 aliphatic rings. The maximum absolute atomic E-state index is 13.3. The van der Waals surface area contributed by atoms with Gasteiger partial charge in [-0.3, -0.25) is 4.79 Å². The van der Waals surface area contributed by atoms with E-state index in [1.54, 1.807) is 0 Å². The minimum Gasteiger partial charge on any atom is -0.381 e. The van der Waals surface area contributed by atoms with Crippen LogP contribution in [-0.2, 0) is 9.53 Å². The number of hydrogen-bond acceptors (Lipinski definition) is 4. The van der Waals surface area contributed by atoms with Gasteiger partial charge in [0.1, 0.15) is 0 Å². The van der Waals surface area contributed by atoms with Gasteiger partial charge in [0, 0.05) is 49.5 Å². The van der Waals surface area contributed by atoms with Gasteiger partial charge in [0.05, 0.1) is 5.41 Å². The fourth-order valence-corrected chi connectivity index (χ4v) is 5.72. The summed E-state index contributed by atoms with van der Waals surface area (Å²) in [7, 11) is 0. The van der Waals surface area contributed by atoms with Crippen LogP contribution in [0.15, 0.2) is 35.2 Å². The highest BCUT2D eigenvalue weighted by molar-refractivity contribution is 7.99. The lowest BCUT2D eigenvalue weighted by atomic mass is 9.77. The van der Waals surface area contributed by atoms with Crippen LogP contribution in [0.2, 0.25) is 0 Å². The third-order valence-corrected chi connectivity index (χ3v) is 7.24. The fourth-order valence-electron chi connectivity index (χ4n) is 4.78. The molecule has 0 aliphatic carbocycles. The van der Waals surface area contributed by atoms with E-state index in [1.165, 1.54) is 4.90 Å². The first kappa shape index (κ1) is 18.3. The number of rotatable bonds is 5. The normalized spacial score (nSPS) is 28.2. The quantitative estimate of drug-likeness (QED) is 0.741. The number of benzene rings is 1. The maximum Gasteiger partial charge on any atom is 0.230 e. The molecule has 3 aliphatic heterocycles. The average molecular weight is 375 g/mol. The molecule has 1 aromatic rings. The molecule has 0 radical (unpaired) electrons. The van der Waals surface area contributed by atoms with E-state index in [0.717, 1.165) is 77.2 Å². The number of piperidine rings is 1. The van der Waals surface area contributed by atoms with E-state index >= 15 is 0 Å². The van der Waals surface area contributed by atoms with Crippen LogP contribution in [0.3, 0.4) is 0 Å². The smallest absolute Gasteiger partial charge is 0.230 e. The zero-order valence-corrected chi connectivity index (χ0v) is 16.4. The van der Waals surface area contributed by atoms with Crippen molar-refractivity contribution in [1.29, 1.82) is 0 Å². The zero-order chi connectivity index (χ0) is 17.8. The van der Waals surface area contributed by atoms with Gasteiger partial charge in [0.15, 0.2) is 0 Å². The van der Waals surface area contributed by atoms with Crippen LogP contribution < -0.4 is 0 Å². The van der Waals surface area contributed by atoms with Crippen molar-refractivity contribution in [3.05, 3.63) is 30.3 Å². The Morgan fingerprint density at radius 1 is 1.12 bits per heavy atom. The predicted octanol–water partition coefficient (Wildman–Crippen LogP) is 3.27. The lowest BCUT2D eigenvalue weighted by molar-refractivity contribution is -0.150. The molecule has 5 heteroatoms. The summed E-state index contributed by atoms with van der Waals surface area (Å²) < 4.78 is 5.49. The zero-order valence-electron chi connectivity index (χ0n) is 15.6. The molecular formula is C21H30N2O2S. The van der Waals surface area contributed by atoms with Gasteiger partial charge in [-0.1, -0.05) is 18.2 Å². The number of carbonyl (C=O) groups excluding carboxylic acids is 1. The van der Waals surface area contributed by atoms with Crippen LogP contribution >= 0.6 is 11.8 Å². The highest BCUT2D eigenvalue weighted by Crippen LogP contribution is 2.41. The fraction of sp³-hybridized carbons (Fsp3) is 0.667. The molecule has 3 heterocycles. The molecule has 0 bridgehead atoms. The molecule has 1 aromatic carbocycles. The summed E-state index contributed by atoms with van der Waals surface area (Å²) in [4.78, 5) is 19.4. The van der Waals surface area contributed by atoms with E-state index in [0.29, 0.717) is 11.9 Å². The summed E-state index contributed by atoms with van der Waals surface area (Å²) in [5.41, 5.74) is -0.103. The lowest BCUT2D eigenvalue weighted by Crippen LogP contribution is -2.54. The topological polar surface area (TPSA) is 32.8 Å². The molecule has 3 fully saturated rings. The Morgan fingerprint density at radius 3 is 2.73 bits per heavy atom. The maximum atomic E-state index is 13.3. The first-order valence-electron chi connectivity index (χ1n) is 10.1. The summed E-state index contributed by atoms with van der Waals surface area (Å²) in [5, 5.41) is 0. The van der Waals surface area contributed by atoms with Gasteiger partial charge in [0.2, 0.25) is 5.91 Å². The number of amides is 1. The molecular weight excluding hydrogens is 344 g/mol. The second-order valence-corrected chi connectivity index (χ2v) is 9.08. The molecule has 0 N–H and O–H groups in total. The van der Waals surface area contributed by atoms with E-state index in [-0.39, 0.29) is 5.41 Å². The first-order valence-corrected chi connectivity index (χ1v) is 11.0. The van der Waals surface area contributed by atoms with E-state index < -0.39 is 0 Å². The van der Waals surface area contributed by atoms with Crippen LogP contribution in [0.5, 0.6) is 0 Å². The van der Waals surface area contributed by atoms with Crippen LogP contribution in [0, 0.1) is 5.41 Å². The van der Waals surface area contributed by atoms with Crippen molar-refractivity contribution in [2.45, 2.75) is 43.0 Å². The van der Waals surface area contributed by atoms with E-state index in [9.17, 15) is 4.79 Å². The third-order valence-electron chi connectivity index (χ3n) is 6.25. The second kappa shape index (κ2) is 8.32. The Hall–Kier alpha value is -1.04. The molecule has 0 aromatic heterocycles. The third kappa shape index (κ3) is 3.95. The van der Waals surface area contributed by atoms with Crippen molar-refractivity contribution in [2.75, 3.05) is 45.1 Å². The number of hydrogen-bond donors (Lipinski definition) is 0. The molecule has 0 saturated carbocycles. The van der Waals surface area contributed by atoms with Crippen molar-refractivity contribution in [3.63, 3.8) is 0 Å². The Labute approximate surface area is 161 Å². The van der Waals surface area contributed by atoms with Crippen molar-refractivity contribution in [2.24, 2.45) is 5.41 Å². The Balaban J connectivity index is 1.31. The molecule has 1 amide bonds. The highest BCUT2D eigenvalue weighted by Gasteiger charge is 2.49. The summed E-state index contributed by atoms with van der Waals surface area (Å²) in [6.45, 7) is 5.68. The standard InChI is InChI=1S/C21H30N2O2S/c24-20-21(9-4-11-23(20)18-7-14-25-15-8-18)10-12-22(17-21)13-16-26-19-5-2-1-3-6-19/h1-3,5-6,18H,4,7-17H2. The summed E-state index contributed by atoms with van der Waals surface area (Å²) in [6.07, 6.45) is 5.31. The molecule has 1 spiro atoms. The minimum atomic E-state index is -0.103. The lowest BCUT2D eigenvalue weighted by Gasteiger charge is -2.44. The number of likely N-dealkylation sites (tertiary alicyclic amines) is 2. The Kier molecular flexibility index (Phi) is 5.87. The average Bonchev–Trinajstić information content (AvgIpc) is 3.10. The number of nitrogens with zero attached hydrogens (tertiary/aromatic N) is 2. The van der Waals surface area contributed by atoms with Crippen molar-refractivity contribution >= 4 is 17.7 Å². The van der Waals surface area contributed by atoms with Gasteiger partial charge in [-0.25, -0.2) is 0 Å². The largest absolute Gasteiger partial charge is 0.381 e. The van der Waals surface area contributed by atoms with Crippen LogP contribution in [-0.4, -0.2) is 66.9 Å². The molecule has 4 nitrogen and oxygen atoms in total. The van der Waals surface area contributed by atoms with E-state index in [2.05, 4.69) is 40.1 Å². The molecule has 142 valence electrons. The highest BCUT2D eigenvalue weighted by atomic mass is 32.2. The SMILES string of the molecule is O=C1N(C2CCOCC2)CCCC12CCN(CCSc1ccccc1)C2. The van der Waals surface area contributed by atoms with Gasteiger partial charge in [-0.05, 0) is 50.8 Å². The first-order chi connectivity index (χ1) is 12.8. The van der Waals surface area contributed by atoms with E-state index in [4.69, 9.17) is 4.74 Å². The summed E-state index contributed by atoms with van der Waals surface area (Å²) in [5.74, 6) is 1.53. The van der Waals surface area contributed by atoms with Crippen LogP contribution in [0.4, 0.5) is 0 Å². The van der Waals surface area contributed by atoms with Crippen molar-refractivity contribution in [3.8, 4) is 0 Å². The van der Waals surface area contributed by atoms with Gasteiger partial charge < -0.3 is 14.5 Å². The molecule has 1 unspecified atom stereocenters. The van der Waals surface area contributed by atoms with Gasteiger partial charge in [-0.2, -0.15) is 0 Å². The molecule has 3 saturated heterocycles. The minimum absolute atomic E-state index is 0.103. The van der Waals surface area contributed by atoms with Crippen molar-refractivity contribution < 1.29 is 9.53 Å². The van der Waals surface area contributed by atoms with E-state index in [1.807, 2.05) is 11.8 Å². The van der Waals surface area contributed by atoms with Crippen LogP contribution in [0.25, 0.3) is 0 Å². The molecule has 1 atom stereocenters. The predicted molar refractivity (Wildman–Crippen MR) is 105 cm³/mol. The molecule has 26 heavy (non-hydrogen) atoms. The number of carbonyl (C=O) groups is 1. The van der Waals surface area contributed by atoms with Crippen molar-refractivity contribution in [1.82, 2.24) is 9.80 Å². The number of thioether (sulfide) groups is 1. The number of ether oxygens (including phenoxy) is 1.